The first-order valence-corrected chi connectivity index (χ1v) is 10.0. The number of rotatable bonds is 6. The fraction of sp³-hybridized carbons (Fsp3) is 0.160. The summed E-state index contributed by atoms with van der Waals surface area (Å²) in [5.41, 5.74) is 4.28. The molecule has 3 aromatic rings. The van der Waals surface area contributed by atoms with Crippen LogP contribution in [0.1, 0.15) is 29.3 Å². The number of ether oxygens (including phenoxy) is 2. The summed E-state index contributed by atoms with van der Waals surface area (Å²) >= 11 is 0. The summed E-state index contributed by atoms with van der Waals surface area (Å²) in [4.78, 5) is 17.2. The zero-order chi connectivity index (χ0) is 21.8. The van der Waals surface area contributed by atoms with Crippen molar-refractivity contribution in [1.82, 2.24) is 4.98 Å². The second-order valence-electron chi connectivity index (χ2n) is 7.00. The number of carbonyl (C=O) groups is 1. The Morgan fingerprint density at radius 1 is 1.03 bits per heavy atom. The van der Waals surface area contributed by atoms with Gasteiger partial charge in [0.2, 0.25) is 5.71 Å². The molecule has 6 nitrogen and oxygen atoms in total. The standard InChI is InChI=1S/C25H22N2O4/c1-3-30-25(28)23-22(17-9-5-4-6-10-17)20-13-12-19(15-21(20)24(23)27(2)29)31-16-18-11-7-8-14-26-18/h4-15H,3,16H2,1-2H3/b27-24+. The zero-order valence-electron chi connectivity index (χ0n) is 17.4. The van der Waals surface area contributed by atoms with Crippen LogP contribution >= 0.6 is 0 Å². The molecule has 0 saturated heterocycles. The summed E-state index contributed by atoms with van der Waals surface area (Å²) in [6, 6.07) is 20.6. The molecule has 0 unspecified atom stereocenters. The lowest BCUT2D eigenvalue weighted by molar-refractivity contribution is -0.421. The van der Waals surface area contributed by atoms with Crippen LogP contribution in [-0.4, -0.2) is 35.1 Å². The van der Waals surface area contributed by atoms with Gasteiger partial charge < -0.3 is 14.7 Å². The van der Waals surface area contributed by atoms with Gasteiger partial charge in [0.15, 0.2) is 0 Å². The summed E-state index contributed by atoms with van der Waals surface area (Å²) in [5, 5.41) is 12.6. The van der Waals surface area contributed by atoms with E-state index in [-0.39, 0.29) is 17.9 Å². The predicted octanol–water partition coefficient (Wildman–Crippen LogP) is 3.97. The fourth-order valence-electron chi connectivity index (χ4n) is 3.69. The van der Waals surface area contributed by atoms with E-state index < -0.39 is 5.97 Å². The molecule has 1 aliphatic carbocycles. The molecule has 0 spiro atoms. The van der Waals surface area contributed by atoms with Crippen molar-refractivity contribution in [1.29, 1.82) is 0 Å². The molecule has 6 heteroatoms. The van der Waals surface area contributed by atoms with Crippen molar-refractivity contribution >= 4 is 17.3 Å². The van der Waals surface area contributed by atoms with E-state index in [0.29, 0.717) is 28.2 Å². The molecule has 0 amide bonds. The van der Waals surface area contributed by atoms with Gasteiger partial charge in [-0.15, -0.1) is 0 Å². The lowest BCUT2D eigenvalue weighted by atomic mass is 9.97. The quantitative estimate of drug-likeness (QED) is 0.264. The van der Waals surface area contributed by atoms with Crippen LogP contribution in [0.25, 0.3) is 5.57 Å². The van der Waals surface area contributed by atoms with E-state index in [9.17, 15) is 10.0 Å². The van der Waals surface area contributed by atoms with Crippen molar-refractivity contribution in [2.24, 2.45) is 0 Å². The maximum atomic E-state index is 12.9. The number of hydroxylamine groups is 1. The SMILES string of the molecule is CCOC(=O)C1=C(c2ccccc2)c2ccc(OCc3ccccn3)cc2/C1=[N+](/C)[O-]. The number of aromatic nitrogens is 1. The van der Waals surface area contributed by atoms with E-state index in [2.05, 4.69) is 4.98 Å². The summed E-state index contributed by atoms with van der Waals surface area (Å²) in [5.74, 6) is 0.0625. The predicted molar refractivity (Wildman–Crippen MR) is 118 cm³/mol. The molecule has 0 aliphatic heterocycles. The van der Waals surface area contributed by atoms with Gasteiger partial charge in [-0.25, -0.2) is 9.53 Å². The molecule has 0 atom stereocenters. The lowest BCUT2D eigenvalue weighted by Gasteiger charge is -2.09. The van der Waals surface area contributed by atoms with Crippen LogP contribution in [0.4, 0.5) is 0 Å². The third kappa shape index (κ3) is 4.05. The Bertz CT molecular complexity index is 1160. The Balaban J connectivity index is 1.80. The summed E-state index contributed by atoms with van der Waals surface area (Å²) in [6.45, 7) is 2.26. The van der Waals surface area contributed by atoms with Crippen molar-refractivity contribution in [2.45, 2.75) is 13.5 Å². The van der Waals surface area contributed by atoms with E-state index >= 15 is 0 Å². The van der Waals surface area contributed by atoms with Gasteiger partial charge in [-0.2, -0.15) is 0 Å². The van der Waals surface area contributed by atoms with Gasteiger partial charge in [0.25, 0.3) is 0 Å². The summed E-state index contributed by atoms with van der Waals surface area (Å²) in [6.07, 6.45) is 1.71. The van der Waals surface area contributed by atoms with Crippen molar-refractivity contribution < 1.29 is 19.0 Å². The van der Waals surface area contributed by atoms with Crippen LogP contribution in [-0.2, 0) is 16.1 Å². The number of hydrogen-bond acceptors (Lipinski definition) is 5. The van der Waals surface area contributed by atoms with Crippen molar-refractivity contribution in [2.75, 3.05) is 13.7 Å². The number of nitrogens with zero attached hydrogens (tertiary/aromatic N) is 2. The van der Waals surface area contributed by atoms with Crippen LogP contribution in [0.15, 0.2) is 78.5 Å². The van der Waals surface area contributed by atoms with Crippen LogP contribution < -0.4 is 4.74 Å². The van der Waals surface area contributed by atoms with Gasteiger partial charge in [0, 0.05) is 11.8 Å². The number of benzene rings is 2. The maximum absolute atomic E-state index is 12.9. The molecule has 1 aromatic heterocycles. The largest absolute Gasteiger partial charge is 0.624 e. The Morgan fingerprint density at radius 3 is 2.48 bits per heavy atom. The van der Waals surface area contributed by atoms with Crippen LogP contribution in [0, 0.1) is 5.21 Å². The second-order valence-corrected chi connectivity index (χ2v) is 7.00. The average Bonchev–Trinajstić information content (AvgIpc) is 3.14. The summed E-state index contributed by atoms with van der Waals surface area (Å²) in [7, 11) is 1.38. The normalized spacial score (nSPS) is 14.3. The minimum Gasteiger partial charge on any atom is -0.624 e. The molecule has 0 bridgehead atoms. The highest BCUT2D eigenvalue weighted by Crippen LogP contribution is 2.40. The highest BCUT2D eigenvalue weighted by molar-refractivity contribution is 6.35. The van der Waals surface area contributed by atoms with E-state index in [1.54, 1.807) is 19.2 Å². The minimum atomic E-state index is -0.522. The first-order chi connectivity index (χ1) is 15.1. The minimum absolute atomic E-state index is 0.217. The number of carbonyl (C=O) groups excluding carboxylic acids is 1. The van der Waals surface area contributed by atoms with E-state index in [0.717, 1.165) is 16.8 Å². The number of esters is 1. The molecule has 1 aliphatic rings. The number of pyridine rings is 1. The van der Waals surface area contributed by atoms with Gasteiger partial charge in [0.1, 0.15) is 25.0 Å². The van der Waals surface area contributed by atoms with Gasteiger partial charge >= 0.3 is 5.97 Å². The van der Waals surface area contributed by atoms with Gasteiger partial charge in [-0.1, -0.05) is 36.4 Å². The highest BCUT2D eigenvalue weighted by Gasteiger charge is 2.39. The van der Waals surface area contributed by atoms with Gasteiger partial charge in [-0.3, -0.25) is 4.98 Å². The number of fused-ring (bicyclic) bond motifs is 1. The van der Waals surface area contributed by atoms with Crippen LogP contribution in [0.2, 0.25) is 0 Å². The Hall–Kier alpha value is -3.93. The van der Waals surface area contributed by atoms with Crippen LogP contribution in [0.3, 0.4) is 0 Å². The molecule has 1 heterocycles. The monoisotopic (exact) mass is 414 g/mol. The Kier molecular flexibility index (Phi) is 5.80. The molecule has 0 fully saturated rings. The smallest absolute Gasteiger partial charge is 0.345 e. The molecular weight excluding hydrogens is 392 g/mol. The highest BCUT2D eigenvalue weighted by atomic mass is 16.5. The molecule has 0 N–H and O–H groups in total. The van der Waals surface area contributed by atoms with E-state index in [4.69, 9.17) is 9.47 Å². The third-order valence-electron chi connectivity index (χ3n) is 4.97. The van der Waals surface area contributed by atoms with Gasteiger partial charge in [0.05, 0.1) is 17.9 Å². The van der Waals surface area contributed by atoms with Crippen LogP contribution in [0.5, 0.6) is 5.75 Å². The van der Waals surface area contributed by atoms with Gasteiger partial charge in [-0.05, 0) is 48.4 Å². The molecule has 0 radical (unpaired) electrons. The van der Waals surface area contributed by atoms with Crippen molar-refractivity contribution in [3.05, 3.63) is 106 Å². The van der Waals surface area contributed by atoms with E-state index in [1.165, 1.54) is 7.05 Å². The molecule has 2 aromatic carbocycles. The average molecular weight is 414 g/mol. The summed E-state index contributed by atoms with van der Waals surface area (Å²) < 4.78 is 11.9. The topological polar surface area (TPSA) is 74.5 Å². The Morgan fingerprint density at radius 2 is 1.81 bits per heavy atom. The number of hydrogen-bond donors (Lipinski definition) is 0. The molecular formula is C25H22N2O4. The molecule has 0 saturated carbocycles. The maximum Gasteiger partial charge on any atom is 0.345 e. The third-order valence-corrected chi connectivity index (χ3v) is 4.97. The molecule has 156 valence electrons. The lowest BCUT2D eigenvalue weighted by Crippen LogP contribution is -2.21. The fourth-order valence-corrected chi connectivity index (χ4v) is 3.69. The molecule has 31 heavy (non-hydrogen) atoms. The first-order valence-electron chi connectivity index (χ1n) is 10.0. The first kappa shape index (κ1) is 20.3. The van der Waals surface area contributed by atoms with Crippen molar-refractivity contribution in [3.63, 3.8) is 0 Å². The van der Waals surface area contributed by atoms with Crippen molar-refractivity contribution in [3.8, 4) is 5.75 Å². The van der Waals surface area contributed by atoms with E-state index in [1.807, 2.05) is 60.7 Å². The Labute approximate surface area is 180 Å². The second kappa shape index (κ2) is 8.83. The molecule has 4 rings (SSSR count). The zero-order valence-corrected chi connectivity index (χ0v) is 17.4.